The molecule has 1 amide bonds. The van der Waals surface area contributed by atoms with Crippen LogP contribution in [0.5, 0.6) is 0 Å². The molecule has 0 bridgehead atoms. The summed E-state index contributed by atoms with van der Waals surface area (Å²) in [4.78, 5) is 24.5. The Hall–Kier alpha value is -3.29. The second-order valence-corrected chi connectivity index (χ2v) is 4.94. The van der Waals surface area contributed by atoms with E-state index in [-0.39, 0.29) is 5.91 Å². The van der Waals surface area contributed by atoms with Crippen LogP contribution in [0.4, 0.5) is 0 Å². The Balaban J connectivity index is 1.77. The molecule has 0 radical (unpaired) electrons. The average molecular weight is 324 g/mol. The molecule has 8 heteroatoms. The topological polar surface area (TPSA) is 98.7 Å². The summed E-state index contributed by atoms with van der Waals surface area (Å²) in [6.45, 7) is 5.90. The second-order valence-electron chi connectivity index (χ2n) is 4.94. The van der Waals surface area contributed by atoms with E-state index in [9.17, 15) is 4.79 Å². The van der Waals surface area contributed by atoms with Gasteiger partial charge in [-0.25, -0.2) is 9.97 Å². The van der Waals surface area contributed by atoms with Gasteiger partial charge in [-0.05, 0) is 12.1 Å². The predicted molar refractivity (Wildman–Crippen MR) is 86.6 cm³/mol. The Bertz CT molecular complexity index is 850. The lowest BCUT2D eigenvalue weighted by molar-refractivity contribution is 0.0953. The number of hydrogen-bond donors (Lipinski definition) is 1. The largest absolute Gasteiger partial charge is 0.347 e. The average Bonchev–Trinajstić information content (AvgIpc) is 3.29. The summed E-state index contributed by atoms with van der Waals surface area (Å²) in [6.07, 6.45) is 7.10. The number of nitrogens with one attached hydrogen (secondary N) is 1. The highest BCUT2D eigenvalue weighted by atomic mass is 16.5. The SMILES string of the molecule is C=CCNC(=O)c1cn(-c2ccc(-c3nc(CC)no3)cn2)cn1. The Morgan fingerprint density at radius 3 is 2.96 bits per heavy atom. The van der Waals surface area contributed by atoms with Gasteiger partial charge in [0, 0.05) is 25.4 Å². The minimum absolute atomic E-state index is 0.261. The Kier molecular flexibility index (Phi) is 4.46. The molecule has 0 spiro atoms. The second kappa shape index (κ2) is 6.86. The smallest absolute Gasteiger partial charge is 0.271 e. The quantitative estimate of drug-likeness (QED) is 0.694. The molecule has 0 aliphatic heterocycles. The third-order valence-electron chi connectivity index (χ3n) is 3.27. The van der Waals surface area contributed by atoms with E-state index in [2.05, 4.69) is 32.0 Å². The predicted octanol–water partition coefficient (Wildman–Crippen LogP) is 1.80. The zero-order valence-corrected chi connectivity index (χ0v) is 13.1. The van der Waals surface area contributed by atoms with Gasteiger partial charge in [0.2, 0.25) is 0 Å². The van der Waals surface area contributed by atoms with Crippen LogP contribution in [-0.2, 0) is 6.42 Å². The molecule has 0 saturated heterocycles. The van der Waals surface area contributed by atoms with Crippen LogP contribution in [0.1, 0.15) is 23.2 Å². The van der Waals surface area contributed by atoms with Crippen molar-refractivity contribution in [2.75, 3.05) is 6.54 Å². The minimum Gasteiger partial charge on any atom is -0.347 e. The monoisotopic (exact) mass is 324 g/mol. The molecule has 0 aromatic carbocycles. The standard InChI is InChI=1S/C16H16N6O2/c1-3-7-17-15(23)12-9-22(10-19-12)14-6-5-11(8-18-14)16-20-13(4-2)21-24-16/h3,5-6,8-10H,1,4,7H2,2H3,(H,17,23). The maximum atomic E-state index is 11.8. The fourth-order valence-electron chi connectivity index (χ4n) is 2.00. The van der Waals surface area contributed by atoms with Crippen molar-refractivity contribution in [3.05, 3.63) is 55.0 Å². The van der Waals surface area contributed by atoms with E-state index in [1.807, 2.05) is 13.0 Å². The molecular weight excluding hydrogens is 308 g/mol. The highest BCUT2D eigenvalue weighted by Crippen LogP contribution is 2.17. The molecule has 122 valence electrons. The summed E-state index contributed by atoms with van der Waals surface area (Å²) < 4.78 is 6.84. The lowest BCUT2D eigenvalue weighted by atomic mass is 10.3. The zero-order chi connectivity index (χ0) is 16.9. The third-order valence-corrected chi connectivity index (χ3v) is 3.27. The molecule has 0 aliphatic rings. The Morgan fingerprint density at radius 2 is 2.29 bits per heavy atom. The highest BCUT2D eigenvalue weighted by Gasteiger charge is 2.11. The fraction of sp³-hybridized carbons (Fsp3) is 0.188. The van der Waals surface area contributed by atoms with Gasteiger partial charge in [-0.1, -0.05) is 18.2 Å². The van der Waals surface area contributed by atoms with E-state index < -0.39 is 0 Å². The highest BCUT2D eigenvalue weighted by molar-refractivity contribution is 5.92. The number of rotatable bonds is 6. The Morgan fingerprint density at radius 1 is 1.42 bits per heavy atom. The normalized spacial score (nSPS) is 10.5. The molecule has 0 fully saturated rings. The molecule has 0 saturated carbocycles. The number of aryl methyl sites for hydroxylation is 1. The van der Waals surface area contributed by atoms with Gasteiger partial charge >= 0.3 is 0 Å². The maximum Gasteiger partial charge on any atom is 0.271 e. The minimum atomic E-state index is -0.261. The summed E-state index contributed by atoms with van der Waals surface area (Å²) in [6, 6.07) is 3.62. The number of hydrogen-bond acceptors (Lipinski definition) is 6. The van der Waals surface area contributed by atoms with Crippen LogP contribution in [0.2, 0.25) is 0 Å². The van der Waals surface area contributed by atoms with Crippen LogP contribution in [0.25, 0.3) is 17.3 Å². The molecule has 1 N–H and O–H groups in total. The summed E-state index contributed by atoms with van der Waals surface area (Å²) in [7, 11) is 0. The van der Waals surface area contributed by atoms with E-state index in [1.54, 1.807) is 29.1 Å². The first kappa shape index (κ1) is 15.6. The molecule has 3 rings (SSSR count). The summed E-state index contributed by atoms with van der Waals surface area (Å²) in [5, 5.41) is 6.53. The number of imidazole rings is 1. The molecule has 3 aromatic rings. The Labute approximate surface area is 138 Å². The lowest BCUT2D eigenvalue weighted by Crippen LogP contribution is -2.23. The summed E-state index contributed by atoms with van der Waals surface area (Å²) in [5.74, 6) is 1.45. The molecule has 0 aliphatic carbocycles. The molecule has 3 aromatic heterocycles. The fourth-order valence-corrected chi connectivity index (χ4v) is 2.00. The first-order valence-corrected chi connectivity index (χ1v) is 7.43. The molecule has 3 heterocycles. The van der Waals surface area contributed by atoms with Crippen LogP contribution in [0.15, 0.2) is 48.0 Å². The van der Waals surface area contributed by atoms with Crippen molar-refractivity contribution in [2.24, 2.45) is 0 Å². The maximum absolute atomic E-state index is 11.8. The van der Waals surface area contributed by atoms with Crippen molar-refractivity contribution in [3.8, 4) is 17.3 Å². The third kappa shape index (κ3) is 3.22. The van der Waals surface area contributed by atoms with Gasteiger partial charge in [0.25, 0.3) is 11.8 Å². The van der Waals surface area contributed by atoms with Gasteiger partial charge in [-0.2, -0.15) is 4.98 Å². The van der Waals surface area contributed by atoms with E-state index >= 15 is 0 Å². The van der Waals surface area contributed by atoms with Crippen LogP contribution in [0.3, 0.4) is 0 Å². The molecule has 0 unspecified atom stereocenters. The number of carbonyl (C=O) groups excluding carboxylic acids is 1. The van der Waals surface area contributed by atoms with E-state index in [1.165, 1.54) is 6.33 Å². The molecule has 8 nitrogen and oxygen atoms in total. The van der Waals surface area contributed by atoms with Crippen molar-refractivity contribution in [3.63, 3.8) is 0 Å². The van der Waals surface area contributed by atoms with Gasteiger partial charge in [-0.15, -0.1) is 6.58 Å². The van der Waals surface area contributed by atoms with Crippen LogP contribution < -0.4 is 5.32 Å². The van der Waals surface area contributed by atoms with Crippen molar-refractivity contribution in [2.45, 2.75) is 13.3 Å². The van der Waals surface area contributed by atoms with Crippen molar-refractivity contribution in [1.82, 2.24) is 30.0 Å². The van der Waals surface area contributed by atoms with Gasteiger partial charge in [0.1, 0.15) is 17.8 Å². The van der Waals surface area contributed by atoms with Gasteiger partial charge in [-0.3, -0.25) is 9.36 Å². The van der Waals surface area contributed by atoms with Crippen LogP contribution in [-0.4, -0.2) is 37.1 Å². The van der Waals surface area contributed by atoms with E-state index in [0.29, 0.717) is 36.2 Å². The zero-order valence-electron chi connectivity index (χ0n) is 13.1. The summed E-state index contributed by atoms with van der Waals surface area (Å²) in [5.41, 5.74) is 1.04. The molecule has 0 atom stereocenters. The number of nitrogens with zero attached hydrogens (tertiary/aromatic N) is 5. The van der Waals surface area contributed by atoms with Gasteiger partial charge < -0.3 is 9.84 Å². The van der Waals surface area contributed by atoms with Crippen molar-refractivity contribution >= 4 is 5.91 Å². The van der Waals surface area contributed by atoms with Crippen molar-refractivity contribution < 1.29 is 9.32 Å². The number of aromatic nitrogens is 5. The van der Waals surface area contributed by atoms with E-state index in [4.69, 9.17) is 4.52 Å². The van der Waals surface area contributed by atoms with Crippen LogP contribution >= 0.6 is 0 Å². The molecular formula is C16H16N6O2. The van der Waals surface area contributed by atoms with E-state index in [0.717, 1.165) is 5.56 Å². The van der Waals surface area contributed by atoms with Crippen LogP contribution in [0, 0.1) is 0 Å². The number of carbonyl (C=O) groups is 1. The summed E-state index contributed by atoms with van der Waals surface area (Å²) >= 11 is 0. The van der Waals surface area contributed by atoms with Gasteiger partial charge in [0.15, 0.2) is 5.82 Å². The van der Waals surface area contributed by atoms with Gasteiger partial charge in [0.05, 0.1) is 5.56 Å². The number of pyridine rings is 1. The molecule has 24 heavy (non-hydrogen) atoms. The first-order chi connectivity index (χ1) is 11.7. The van der Waals surface area contributed by atoms with Crippen molar-refractivity contribution in [1.29, 1.82) is 0 Å². The lowest BCUT2D eigenvalue weighted by Gasteiger charge is -2.01. The number of amides is 1. The first-order valence-electron chi connectivity index (χ1n) is 7.43.